The number of benzene rings is 2. The summed E-state index contributed by atoms with van der Waals surface area (Å²) in [6.45, 7) is 0.937. The van der Waals surface area contributed by atoms with Crippen LogP contribution in [0.3, 0.4) is 0 Å². The van der Waals surface area contributed by atoms with E-state index in [2.05, 4.69) is 34.9 Å². The highest BCUT2D eigenvalue weighted by molar-refractivity contribution is 5.82. The Balaban J connectivity index is 1.75. The summed E-state index contributed by atoms with van der Waals surface area (Å²) >= 11 is 0. The summed E-state index contributed by atoms with van der Waals surface area (Å²) in [7, 11) is 0. The van der Waals surface area contributed by atoms with Gasteiger partial charge in [0.15, 0.2) is 0 Å². The standard InChI is InChI=1S/C19H22N2O/c22-19(17-12-7-13-20-17)21-18(16-10-5-2-6-11-16)14-15-8-3-1-4-9-15/h1-6,8-11,17-18,20H,7,12-14H2,(H,21,22)/t17-,18?/m0/s1. The lowest BCUT2D eigenvalue weighted by Crippen LogP contribution is -2.42. The molecule has 0 aliphatic carbocycles. The van der Waals surface area contributed by atoms with E-state index in [0.29, 0.717) is 0 Å². The Kier molecular flexibility index (Phi) is 4.86. The third-order valence-electron chi connectivity index (χ3n) is 4.18. The average molecular weight is 294 g/mol. The molecule has 0 bridgehead atoms. The molecular weight excluding hydrogens is 272 g/mol. The molecule has 0 spiro atoms. The highest BCUT2D eigenvalue weighted by Gasteiger charge is 2.24. The van der Waals surface area contributed by atoms with Crippen LogP contribution in [0.4, 0.5) is 0 Å². The number of hydrogen-bond donors (Lipinski definition) is 2. The van der Waals surface area contributed by atoms with Crippen LogP contribution in [0.25, 0.3) is 0 Å². The molecule has 1 unspecified atom stereocenters. The summed E-state index contributed by atoms with van der Waals surface area (Å²) in [6.07, 6.45) is 2.81. The van der Waals surface area contributed by atoms with E-state index in [0.717, 1.165) is 31.4 Å². The van der Waals surface area contributed by atoms with Crippen LogP contribution in [0, 0.1) is 0 Å². The van der Waals surface area contributed by atoms with Crippen molar-refractivity contribution in [1.29, 1.82) is 0 Å². The van der Waals surface area contributed by atoms with E-state index < -0.39 is 0 Å². The predicted octanol–water partition coefficient (Wildman–Crippen LogP) is 2.84. The monoisotopic (exact) mass is 294 g/mol. The van der Waals surface area contributed by atoms with Crippen LogP contribution in [0.5, 0.6) is 0 Å². The van der Waals surface area contributed by atoms with E-state index in [1.54, 1.807) is 0 Å². The Hall–Kier alpha value is -2.13. The first-order valence-corrected chi connectivity index (χ1v) is 7.95. The van der Waals surface area contributed by atoms with Crippen LogP contribution < -0.4 is 10.6 Å². The topological polar surface area (TPSA) is 41.1 Å². The summed E-state index contributed by atoms with van der Waals surface area (Å²) in [5.74, 6) is 0.113. The van der Waals surface area contributed by atoms with Crippen LogP contribution in [-0.4, -0.2) is 18.5 Å². The van der Waals surface area contributed by atoms with E-state index in [1.165, 1.54) is 5.56 Å². The molecule has 1 amide bonds. The molecule has 22 heavy (non-hydrogen) atoms. The lowest BCUT2D eigenvalue weighted by atomic mass is 9.98. The second kappa shape index (κ2) is 7.23. The number of nitrogens with one attached hydrogen (secondary N) is 2. The van der Waals surface area contributed by atoms with Crippen LogP contribution in [0.15, 0.2) is 60.7 Å². The molecule has 0 radical (unpaired) electrons. The van der Waals surface area contributed by atoms with Gasteiger partial charge in [-0.1, -0.05) is 60.7 Å². The molecule has 0 aromatic heterocycles. The maximum absolute atomic E-state index is 12.4. The average Bonchev–Trinajstić information content (AvgIpc) is 3.11. The Morgan fingerprint density at radius 2 is 1.77 bits per heavy atom. The van der Waals surface area contributed by atoms with E-state index >= 15 is 0 Å². The Bertz CT molecular complexity index is 591. The number of amides is 1. The fourth-order valence-corrected chi connectivity index (χ4v) is 2.97. The molecule has 2 atom stereocenters. The molecule has 1 aliphatic rings. The zero-order valence-corrected chi connectivity index (χ0v) is 12.7. The van der Waals surface area contributed by atoms with Crippen molar-refractivity contribution >= 4 is 5.91 Å². The molecule has 114 valence electrons. The van der Waals surface area contributed by atoms with Gasteiger partial charge in [0, 0.05) is 0 Å². The fourth-order valence-electron chi connectivity index (χ4n) is 2.97. The van der Waals surface area contributed by atoms with Gasteiger partial charge in [0.2, 0.25) is 5.91 Å². The Morgan fingerprint density at radius 3 is 2.41 bits per heavy atom. The maximum atomic E-state index is 12.4. The molecule has 1 saturated heterocycles. The van der Waals surface area contributed by atoms with Crippen molar-refractivity contribution in [2.45, 2.75) is 31.3 Å². The molecule has 1 aliphatic heterocycles. The van der Waals surface area contributed by atoms with Gasteiger partial charge in [0.25, 0.3) is 0 Å². The van der Waals surface area contributed by atoms with Crippen molar-refractivity contribution in [3.05, 3.63) is 71.8 Å². The van der Waals surface area contributed by atoms with E-state index in [-0.39, 0.29) is 18.0 Å². The third kappa shape index (κ3) is 3.74. The van der Waals surface area contributed by atoms with Gasteiger partial charge in [0.05, 0.1) is 12.1 Å². The minimum absolute atomic E-state index is 0.0125. The van der Waals surface area contributed by atoms with Gasteiger partial charge < -0.3 is 10.6 Å². The Morgan fingerprint density at radius 1 is 1.09 bits per heavy atom. The quantitative estimate of drug-likeness (QED) is 0.890. The molecule has 1 heterocycles. The van der Waals surface area contributed by atoms with Gasteiger partial charge in [-0.05, 0) is 36.9 Å². The van der Waals surface area contributed by atoms with Crippen LogP contribution >= 0.6 is 0 Å². The zero-order chi connectivity index (χ0) is 15.2. The molecule has 1 fully saturated rings. The lowest BCUT2D eigenvalue weighted by Gasteiger charge is -2.21. The van der Waals surface area contributed by atoms with E-state index in [1.807, 2.05) is 36.4 Å². The number of carbonyl (C=O) groups excluding carboxylic acids is 1. The molecule has 3 rings (SSSR count). The van der Waals surface area contributed by atoms with Gasteiger partial charge in [0.1, 0.15) is 0 Å². The molecule has 3 heteroatoms. The fraction of sp³-hybridized carbons (Fsp3) is 0.316. The molecule has 2 aromatic carbocycles. The van der Waals surface area contributed by atoms with Gasteiger partial charge in [-0.15, -0.1) is 0 Å². The van der Waals surface area contributed by atoms with Crippen molar-refractivity contribution in [3.63, 3.8) is 0 Å². The molecule has 2 N–H and O–H groups in total. The summed E-state index contributed by atoms with van der Waals surface area (Å²) in [6, 6.07) is 20.5. The number of hydrogen-bond acceptors (Lipinski definition) is 2. The smallest absolute Gasteiger partial charge is 0.237 e. The van der Waals surface area contributed by atoms with Crippen molar-refractivity contribution in [2.75, 3.05) is 6.54 Å². The Labute approximate surface area is 131 Å². The minimum Gasteiger partial charge on any atom is -0.348 e. The number of carbonyl (C=O) groups is 1. The first-order chi connectivity index (χ1) is 10.8. The second-order valence-corrected chi connectivity index (χ2v) is 5.81. The van der Waals surface area contributed by atoms with Crippen LogP contribution in [0.2, 0.25) is 0 Å². The van der Waals surface area contributed by atoms with Crippen LogP contribution in [-0.2, 0) is 11.2 Å². The summed E-state index contributed by atoms with van der Waals surface area (Å²) in [5, 5.41) is 6.49. The molecule has 2 aromatic rings. The molecule has 3 nitrogen and oxygen atoms in total. The predicted molar refractivity (Wildman–Crippen MR) is 88.5 cm³/mol. The molecule has 0 saturated carbocycles. The minimum atomic E-state index is -0.0398. The van der Waals surface area contributed by atoms with Crippen molar-refractivity contribution in [2.24, 2.45) is 0 Å². The van der Waals surface area contributed by atoms with Crippen molar-refractivity contribution < 1.29 is 4.79 Å². The van der Waals surface area contributed by atoms with E-state index in [9.17, 15) is 4.79 Å². The largest absolute Gasteiger partial charge is 0.348 e. The summed E-state index contributed by atoms with van der Waals surface area (Å²) < 4.78 is 0. The van der Waals surface area contributed by atoms with Crippen LogP contribution in [0.1, 0.15) is 30.0 Å². The lowest BCUT2D eigenvalue weighted by molar-refractivity contribution is -0.123. The van der Waals surface area contributed by atoms with Crippen molar-refractivity contribution in [1.82, 2.24) is 10.6 Å². The SMILES string of the molecule is O=C(NC(Cc1ccccc1)c1ccccc1)[C@@H]1CCCN1. The van der Waals surface area contributed by atoms with E-state index in [4.69, 9.17) is 0 Å². The highest BCUT2D eigenvalue weighted by atomic mass is 16.2. The van der Waals surface area contributed by atoms with Gasteiger partial charge in [-0.2, -0.15) is 0 Å². The second-order valence-electron chi connectivity index (χ2n) is 5.81. The van der Waals surface area contributed by atoms with Gasteiger partial charge in [-0.25, -0.2) is 0 Å². The van der Waals surface area contributed by atoms with Gasteiger partial charge in [-0.3, -0.25) is 4.79 Å². The number of rotatable bonds is 5. The first kappa shape index (κ1) is 14.8. The highest BCUT2D eigenvalue weighted by Crippen LogP contribution is 2.19. The van der Waals surface area contributed by atoms with Crippen molar-refractivity contribution in [3.8, 4) is 0 Å². The van der Waals surface area contributed by atoms with Gasteiger partial charge >= 0.3 is 0 Å². The summed E-state index contributed by atoms with van der Waals surface area (Å²) in [5.41, 5.74) is 2.38. The summed E-state index contributed by atoms with van der Waals surface area (Å²) in [4.78, 5) is 12.4. The normalized spacial score (nSPS) is 18.8. The molecular formula is C19H22N2O. The first-order valence-electron chi connectivity index (χ1n) is 7.95. The third-order valence-corrected chi connectivity index (χ3v) is 4.18. The zero-order valence-electron chi connectivity index (χ0n) is 12.7. The maximum Gasteiger partial charge on any atom is 0.237 e.